The maximum Gasteiger partial charge on any atom is 0.305 e. The highest BCUT2D eigenvalue weighted by Gasteiger charge is 2.27. The van der Waals surface area contributed by atoms with Crippen LogP contribution in [0.3, 0.4) is 0 Å². The summed E-state index contributed by atoms with van der Waals surface area (Å²) in [4.78, 5) is 25.9. The van der Waals surface area contributed by atoms with Crippen LogP contribution in [0.4, 0.5) is 0 Å². The van der Waals surface area contributed by atoms with E-state index in [1.165, 1.54) is 26.4 Å². The quantitative estimate of drug-likeness (QED) is 0.763. The molecular weight excluding hydrogens is 280 g/mol. The largest absolute Gasteiger partial charge is 0.469 e. The molecular formula is C17H30N2O3. The van der Waals surface area contributed by atoms with Crippen molar-refractivity contribution in [2.24, 2.45) is 5.92 Å². The van der Waals surface area contributed by atoms with Crippen LogP contribution in [0.5, 0.6) is 0 Å². The zero-order valence-electron chi connectivity index (χ0n) is 13.8. The van der Waals surface area contributed by atoms with Crippen molar-refractivity contribution in [2.75, 3.05) is 26.7 Å². The molecule has 1 unspecified atom stereocenters. The fourth-order valence-electron chi connectivity index (χ4n) is 3.59. The number of esters is 1. The predicted octanol–water partition coefficient (Wildman–Crippen LogP) is 2.10. The Kier molecular flexibility index (Phi) is 7.16. The smallest absolute Gasteiger partial charge is 0.305 e. The third-order valence-electron chi connectivity index (χ3n) is 4.91. The van der Waals surface area contributed by atoms with Gasteiger partial charge in [-0.2, -0.15) is 0 Å². The van der Waals surface area contributed by atoms with Crippen molar-refractivity contribution in [2.45, 2.75) is 63.8 Å². The van der Waals surface area contributed by atoms with Crippen LogP contribution in [0.2, 0.25) is 0 Å². The summed E-state index contributed by atoms with van der Waals surface area (Å²) in [5.74, 6) is 0.210. The summed E-state index contributed by atoms with van der Waals surface area (Å²) in [7, 11) is 1.43. The molecule has 126 valence electrons. The van der Waals surface area contributed by atoms with Gasteiger partial charge in [0.1, 0.15) is 0 Å². The lowest BCUT2D eigenvalue weighted by Gasteiger charge is -2.33. The Morgan fingerprint density at radius 3 is 2.64 bits per heavy atom. The van der Waals surface area contributed by atoms with E-state index in [0.29, 0.717) is 12.5 Å². The number of nitrogens with one attached hydrogen (secondary N) is 1. The number of likely N-dealkylation sites (tertiary alicyclic amines) is 1. The molecule has 1 atom stereocenters. The van der Waals surface area contributed by atoms with E-state index in [2.05, 4.69) is 15.0 Å². The second-order valence-electron chi connectivity index (χ2n) is 6.66. The lowest BCUT2D eigenvalue weighted by atomic mass is 9.93. The number of amides is 1. The molecule has 1 amide bonds. The van der Waals surface area contributed by atoms with Gasteiger partial charge in [0.15, 0.2) is 0 Å². The molecule has 1 saturated carbocycles. The van der Waals surface area contributed by atoms with Gasteiger partial charge in [-0.1, -0.05) is 19.3 Å². The van der Waals surface area contributed by atoms with Gasteiger partial charge in [-0.05, 0) is 45.2 Å². The number of methoxy groups -OCH3 is 1. The molecule has 2 rings (SSSR count). The number of carbonyl (C=O) groups is 2. The second-order valence-corrected chi connectivity index (χ2v) is 6.66. The van der Waals surface area contributed by atoms with Crippen LogP contribution in [0.1, 0.15) is 57.8 Å². The fraction of sp³-hybridized carbons (Fsp3) is 0.882. The zero-order valence-corrected chi connectivity index (χ0v) is 13.8. The highest BCUT2D eigenvalue weighted by atomic mass is 16.5. The lowest BCUT2D eigenvalue weighted by molar-refractivity contribution is -0.141. The van der Waals surface area contributed by atoms with Crippen molar-refractivity contribution in [3.05, 3.63) is 0 Å². The number of ether oxygens (including phenoxy) is 1. The van der Waals surface area contributed by atoms with Gasteiger partial charge in [0.25, 0.3) is 0 Å². The molecule has 0 bridgehead atoms. The zero-order chi connectivity index (χ0) is 15.8. The number of rotatable bonds is 6. The maximum atomic E-state index is 12.4. The Labute approximate surface area is 133 Å². The van der Waals surface area contributed by atoms with Crippen LogP contribution >= 0.6 is 0 Å². The molecule has 0 spiro atoms. The van der Waals surface area contributed by atoms with Crippen molar-refractivity contribution in [3.63, 3.8) is 0 Å². The molecule has 0 aromatic heterocycles. The first kappa shape index (κ1) is 17.3. The van der Waals surface area contributed by atoms with Gasteiger partial charge in [-0.3, -0.25) is 9.59 Å². The van der Waals surface area contributed by atoms with E-state index in [9.17, 15) is 9.59 Å². The Hall–Kier alpha value is -1.10. The van der Waals surface area contributed by atoms with Gasteiger partial charge in [-0.25, -0.2) is 0 Å². The first-order valence-corrected chi connectivity index (χ1v) is 8.78. The second kappa shape index (κ2) is 9.13. The van der Waals surface area contributed by atoms with E-state index in [1.54, 1.807) is 0 Å². The summed E-state index contributed by atoms with van der Waals surface area (Å²) in [6, 6.07) is 0.399. The topological polar surface area (TPSA) is 58.6 Å². The Balaban J connectivity index is 1.69. The van der Waals surface area contributed by atoms with E-state index in [0.717, 1.165) is 51.7 Å². The number of nitrogens with zero attached hydrogens (tertiary/aromatic N) is 1. The Morgan fingerprint density at radius 1 is 1.14 bits per heavy atom. The van der Waals surface area contributed by atoms with Crippen LogP contribution in [-0.4, -0.2) is 49.6 Å². The average Bonchev–Trinajstić information content (AvgIpc) is 2.56. The highest BCUT2D eigenvalue weighted by Crippen LogP contribution is 2.21. The van der Waals surface area contributed by atoms with E-state index >= 15 is 0 Å². The summed E-state index contributed by atoms with van der Waals surface area (Å²) in [6.45, 7) is 2.75. The average molecular weight is 310 g/mol. The number of hydrogen-bond donors (Lipinski definition) is 1. The minimum absolute atomic E-state index is 0.119. The van der Waals surface area contributed by atoms with E-state index in [4.69, 9.17) is 0 Å². The van der Waals surface area contributed by atoms with Gasteiger partial charge in [-0.15, -0.1) is 0 Å². The first-order valence-electron chi connectivity index (χ1n) is 8.78. The molecule has 0 radical (unpaired) electrons. The minimum Gasteiger partial charge on any atom is -0.469 e. The van der Waals surface area contributed by atoms with Crippen molar-refractivity contribution < 1.29 is 14.3 Å². The number of piperidine rings is 1. The molecule has 5 heteroatoms. The maximum absolute atomic E-state index is 12.4. The monoisotopic (exact) mass is 310 g/mol. The van der Waals surface area contributed by atoms with Crippen molar-refractivity contribution in [1.82, 2.24) is 10.2 Å². The number of carbonyl (C=O) groups excluding carboxylic acids is 2. The van der Waals surface area contributed by atoms with Gasteiger partial charge in [0, 0.05) is 19.0 Å². The lowest BCUT2D eigenvalue weighted by Crippen LogP contribution is -2.46. The molecule has 1 aliphatic heterocycles. The van der Waals surface area contributed by atoms with Crippen LogP contribution < -0.4 is 5.32 Å². The third-order valence-corrected chi connectivity index (χ3v) is 4.91. The van der Waals surface area contributed by atoms with Crippen LogP contribution in [0, 0.1) is 5.92 Å². The highest BCUT2D eigenvalue weighted by molar-refractivity contribution is 5.79. The minimum atomic E-state index is -0.149. The van der Waals surface area contributed by atoms with Crippen LogP contribution in [-0.2, 0) is 14.3 Å². The predicted molar refractivity (Wildman–Crippen MR) is 85.4 cm³/mol. The van der Waals surface area contributed by atoms with Gasteiger partial charge in [0.05, 0.1) is 13.0 Å². The molecule has 1 saturated heterocycles. The molecule has 1 heterocycles. The summed E-state index contributed by atoms with van der Waals surface area (Å²) in [5.41, 5.74) is 0. The molecule has 2 aliphatic rings. The van der Waals surface area contributed by atoms with E-state index in [1.807, 2.05) is 0 Å². The fourth-order valence-corrected chi connectivity index (χ4v) is 3.59. The van der Waals surface area contributed by atoms with Crippen molar-refractivity contribution >= 4 is 11.9 Å². The molecule has 0 aromatic rings. The summed E-state index contributed by atoms with van der Waals surface area (Å²) < 4.78 is 4.66. The molecule has 1 N–H and O–H groups in total. The molecule has 22 heavy (non-hydrogen) atoms. The molecule has 1 aliphatic carbocycles. The third kappa shape index (κ3) is 5.59. The van der Waals surface area contributed by atoms with Gasteiger partial charge in [0.2, 0.25) is 5.91 Å². The van der Waals surface area contributed by atoms with Gasteiger partial charge >= 0.3 is 5.97 Å². The van der Waals surface area contributed by atoms with Crippen LogP contribution in [0.15, 0.2) is 0 Å². The molecule has 2 fully saturated rings. The van der Waals surface area contributed by atoms with Crippen molar-refractivity contribution in [3.8, 4) is 0 Å². The van der Waals surface area contributed by atoms with Crippen molar-refractivity contribution in [1.29, 1.82) is 0 Å². The van der Waals surface area contributed by atoms with Gasteiger partial charge < -0.3 is 15.0 Å². The normalized spacial score (nSPS) is 24.0. The van der Waals surface area contributed by atoms with E-state index in [-0.39, 0.29) is 17.8 Å². The molecule has 0 aromatic carbocycles. The number of hydrogen-bond acceptors (Lipinski definition) is 4. The summed E-state index contributed by atoms with van der Waals surface area (Å²) in [5, 5.41) is 3.25. The SMILES string of the molecule is COC(=O)CCCN1CCCC(C(=O)NC2CCCCC2)C1. The summed E-state index contributed by atoms with van der Waals surface area (Å²) >= 11 is 0. The van der Waals surface area contributed by atoms with Crippen LogP contribution in [0.25, 0.3) is 0 Å². The van der Waals surface area contributed by atoms with E-state index < -0.39 is 0 Å². The standard InChI is InChI=1S/C17H30N2O3/c1-22-16(20)10-6-12-19-11-5-7-14(13-19)17(21)18-15-8-3-2-4-9-15/h14-15H,2-13H2,1H3,(H,18,21). The first-order chi connectivity index (χ1) is 10.7. The molecule has 5 nitrogen and oxygen atoms in total. The Bertz CT molecular complexity index is 367. The Morgan fingerprint density at radius 2 is 1.91 bits per heavy atom. The summed E-state index contributed by atoms with van der Waals surface area (Å²) in [6.07, 6.45) is 9.42.